The van der Waals surface area contributed by atoms with Crippen LogP contribution in [0.25, 0.3) is 0 Å². The molecule has 0 aromatic rings. The SMILES string of the molecule is C.C.C=C.C=C/C=C\C1=C(/CC)C2CCCCCC(C)(CC1)CC2. The van der Waals surface area contributed by atoms with E-state index in [-0.39, 0.29) is 14.9 Å². The average Bonchev–Trinajstić information content (AvgIpc) is 2.61. The van der Waals surface area contributed by atoms with Crippen LogP contribution in [0, 0.1) is 11.3 Å². The first kappa shape index (κ1) is 25.2. The van der Waals surface area contributed by atoms with Gasteiger partial charge in [0.05, 0.1) is 0 Å². The van der Waals surface area contributed by atoms with E-state index >= 15 is 0 Å². The van der Waals surface area contributed by atoms with E-state index in [1.807, 2.05) is 6.08 Å². The van der Waals surface area contributed by atoms with Crippen molar-refractivity contribution in [3.8, 4) is 0 Å². The van der Waals surface area contributed by atoms with E-state index < -0.39 is 0 Å². The van der Waals surface area contributed by atoms with Crippen molar-refractivity contribution in [1.82, 2.24) is 0 Å². The minimum absolute atomic E-state index is 0. The fourth-order valence-corrected chi connectivity index (χ4v) is 4.26. The second kappa shape index (κ2) is 13.3. The normalized spacial score (nSPS) is 30.2. The van der Waals surface area contributed by atoms with Gasteiger partial charge in [0.2, 0.25) is 0 Å². The summed E-state index contributed by atoms with van der Waals surface area (Å²) >= 11 is 0. The van der Waals surface area contributed by atoms with Crippen LogP contribution in [0.1, 0.15) is 92.9 Å². The largest absolute Gasteiger partial charge is 0.106 e. The molecular weight excluding hydrogens is 288 g/mol. The average molecular weight is 333 g/mol. The first-order valence-electron chi connectivity index (χ1n) is 9.19. The maximum absolute atomic E-state index is 3.84. The zero-order valence-corrected chi connectivity index (χ0v) is 15.0. The van der Waals surface area contributed by atoms with Crippen molar-refractivity contribution in [3.63, 3.8) is 0 Å². The van der Waals surface area contributed by atoms with Crippen LogP contribution in [0.5, 0.6) is 0 Å². The first-order valence-corrected chi connectivity index (χ1v) is 9.19. The summed E-state index contributed by atoms with van der Waals surface area (Å²) in [6, 6.07) is 0. The summed E-state index contributed by atoms with van der Waals surface area (Å²) in [7, 11) is 0. The number of allylic oxidation sites excluding steroid dienone is 5. The van der Waals surface area contributed by atoms with Gasteiger partial charge in [-0.2, -0.15) is 0 Å². The van der Waals surface area contributed by atoms with Crippen LogP contribution in [0.15, 0.2) is 49.1 Å². The minimum Gasteiger partial charge on any atom is -0.106 e. The Kier molecular flexibility index (Phi) is 13.9. The molecule has 1 fully saturated rings. The Balaban J connectivity index is 0. The van der Waals surface area contributed by atoms with E-state index in [0.717, 1.165) is 5.92 Å². The molecule has 0 N–H and O–H groups in total. The molecule has 0 spiro atoms. The predicted molar refractivity (Wildman–Crippen MR) is 115 cm³/mol. The third kappa shape index (κ3) is 7.24. The van der Waals surface area contributed by atoms with Gasteiger partial charge in [-0.1, -0.05) is 78.3 Å². The topological polar surface area (TPSA) is 0 Å². The standard InChI is InChI=1S/C20H32.C2H4.2CH4/c1-4-6-10-17-12-15-20(3)14-9-7-8-11-18(13-16-20)19(17)5-2;1-2;;/h4,6,10,18H,1,5,7-9,11-16H2,2-3H3;1-2H2;2*1H4/b10-6-,19-17-;;;. The Morgan fingerprint density at radius 2 is 1.75 bits per heavy atom. The van der Waals surface area contributed by atoms with Crippen LogP contribution in [-0.4, -0.2) is 0 Å². The van der Waals surface area contributed by atoms with Gasteiger partial charge in [0.1, 0.15) is 0 Å². The summed E-state index contributed by atoms with van der Waals surface area (Å²) in [5, 5.41) is 0. The lowest BCUT2D eigenvalue weighted by molar-refractivity contribution is 0.224. The van der Waals surface area contributed by atoms with E-state index in [4.69, 9.17) is 0 Å². The summed E-state index contributed by atoms with van der Waals surface area (Å²) in [5.74, 6) is 0.849. The summed E-state index contributed by atoms with van der Waals surface area (Å²) in [5.41, 5.74) is 3.98. The van der Waals surface area contributed by atoms with Crippen LogP contribution in [0.4, 0.5) is 0 Å². The third-order valence-electron chi connectivity index (χ3n) is 5.65. The number of rotatable bonds is 3. The van der Waals surface area contributed by atoms with E-state index in [1.54, 1.807) is 11.1 Å². The van der Waals surface area contributed by atoms with Gasteiger partial charge in [0.15, 0.2) is 0 Å². The molecule has 0 aliphatic heterocycles. The maximum atomic E-state index is 3.84. The molecule has 0 aromatic carbocycles. The highest BCUT2D eigenvalue weighted by molar-refractivity contribution is 5.30. The summed E-state index contributed by atoms with van der Waals surface area (Å²) in [6.07, 6.45) is 20.4. The van der Waals surface area contributed by atoms with E-state index in [1.165, 1.54) is 64.2 Å². The fourth-order valence-electron chi connectivity index (χ4n) is 4.26. The number of fused-ring (bicyclic) bond motifs is 3. The number of hydrogen-bond donors (Lipinski definition) is 0. The van der Waals surface area contributed by atoms with Gasteiger partial charge in [-0.3, -0.25) is 0 Å². The molecule has 2 atom stereocenters. The number of hydrogen-bond acceptors (Lipinski definition) is 0. The van der Waals surface area contributed by atoms with E-state index in [0.29, 0.717) is 5.41 Å². The molecule has 24 heavy (non-hydrogen) atoms. The van der Waals surface area contributed by atoms with Crippen LogP contribution < -0.4 is 0 Å². The minimum atomic E-state index is 0. The summed E-state index contributed by atoms with van der Waals surface area (Å²) in [4.78, 5) is 0. The van der Waals surface area contributed by atoms with Crippen molar-refractivity contribution in [2.45, 2.75) is 92.9 Å². The van der Waals surface area contributed by atoms with Gasteiger partial charge in [-0.05, 0) is 61.9 Å². The molecule has 2 unspecified atom stereocenters. The molecule has 2 aliphatic rings. The van der Waals surface area contributed by atoms with E-state index in [9.17, 15) is 0 Å². The quantitative estimate of drug-likeness (QED) is 0.358. The molecule has 0 radical (unpaired) electrons. The maximum Gasteiger partial charge on any atom is -0.0197 e. The van der Waals surface area contributed by atoms with Crippen molar-refractivity contribution in [2.75, 3.05) is 0 Å². The highest BCUT2D eigenvalue weighted by Crippen LogP contribution is 2.44. The lowest BCUT2D eigenvalue weighted by atomic mass is 9.71. The molecule has 2 aliphatic carbocycles. The third-order valence-corrected chi connectivity index (χ3v) is 5.65. The highest BCUT2D eigenvalue weighted by Gasteiger charge is 2.30. The van der Waals surface area contributed by atoms with Crippen molar-refractivity contribution >= 4 is 0 Å². The van der Waals surface area contributed by atoms with Gasteiger partial charge in [-0.15, -0.1) is 13.2 Å². The van der Waals surface area contributed by atoms with Crippen molar-refractivity contribution < 1.29 is 0 Å². The molecule has 0 heteroatoms. The molecule has 0 nitrogen and oxygen atoms in total. The monoisotopic (exact) mass is 332 g/mol. The zero-order chi connectivity index (χ0) is 16.4. The van der Waals surface area contributed by atoms with Gasteiger partial charge < -0.3 is 0 Å². The van der Waals surface area contributed by atoms with Crippen LogP contribution in [-0.2, 0) is 0 Å². The highest BCUT2D eigenvalue weighted by atomic mass is 14.4. The van der Waals surface area contributed by atoms with Crippen LogP contribution in [0.3, 0.4) is 0 Å². The molecule has 2 bridgehead atoms. The fraction of sp³-hybridized carbons (Fsp3) is 0.667. The smallest absolute Gasteiger partial charge is 0.0197 e. The van der Waals surface area contributed by atoms with Crippen molar-refractivity contribution in [2.24, 2.45) is 11.3 Å². The Morgan fingerprint density at radius 3 is 2.38 bits per heavy atom. The van der Waals surface area contributed by atoms with Gasteiger partial charge in [0.25, 0.3) is 0 Å². The second-order valence-electron chi connectivity index (χ2n) is 7.14. The molecule has 140 valence electrons. The predicted octanol–water partition coefficient (Wildman–Crippen LogP) is 8.67. The lowest BCUT2D eigenvalue weighted by Gasteiger charge is -2.34. The second-order valence-corrected chi connectivity index (χ2v) is 7.14. The zero-order valence-electron chi connectivity index (χ0n) is 15.0. The van der Waals surface area contributed by atoms with Crippen LogP contribution >= 0.6 is 0 Å². The summed E-state index contributed by atoms with van der Waals surface area (Å²) in [6.45, 7) is 14.7. The van der Waals surface area contributed by atoms with Gasteiger partial charge in [0, 0.05) is 0 Å². The summed E-state index contributed by atoms with van der Waals surface area (Å²) < 4.78 is 0. The molecule has 0 aromatic heterocycles. The lowest BCUT2D eigenvalue weighted by Crippen LogP contribution is -2.21. The molecule has 2 rings (SSSR count). The Morgan fingerprint density at radius 1 is 1.04 bits per heavy atom. The van der Waals surface area contributed by atoms with E-state index in [2.05, 4.69) is 45.7 Å². The van der Waals surface area contributed by atoms with Crippen LogP contribution in [0.2, 0.25) is 0 Å². The van der Waals surface area contributed by atoms with Crippen molar-refractivity contribution in [1.29, 1.82) is 0 Å². The molecule has 0 saturated heterocycles. The molecular formula is C24H44. The molecule has 1 saturated carbocycles. The van der Waals surface area contributed by atoms with Gasteiger partial charge in [-0.25, -0.2) is 0 Å². The van der Waals surface area contributed by atoms with Gasteiger partial charge >= 0.3 is 0 Å². The first-order chi connectivity index (χ1) is 10.7. The Labute approximate surface area is 153 Å². The molecule has 0 amide bonds. The Bertz CT molecular complexity index is 398. The Hall–Kier alpha value is -1.04. The van der Waals surface area contributed by atoms with Crippen molar-refractivity contribution in [3.05, 3.63) is 49.1 Å². The molecule has 0 heterocycles.